The maximum absolute atomic E-state index is 13.4. The first-order chi connectivity index (χ1) is 12.2. The van der Waals surface area contributed by atoms with E-state index in [4.69, 9.17) is 0 Å². The molecule has 5 nitrogen and oxygen atoms in total. The Balaban J connectivity index is 2.41. The van der Waals surface area contributed by atoms with Crippen molar-refractivity contribution in [1.82, 2.24) is 9.62 Å². The Labute approximate surface area is 153 Å². The van der Waals surface area contributed by atoms with Crippen LogP contribution in [0.25, 0.3) is 0 Å². The Morgan fingerprint density at radius 2 is 1.88 bits per heavy atom. The maximum atomic E-state index is 13.4. The predicted octanol–water partition coefficient (Wildman–Crippen LogP) is 3.01. The lowest BCUT2D eigenvalue weighted by molar-refractivity contribution is 0.0752. The molecule has 0 spiro atoms. The molecule has 2 aromatic carbocycles. The fourth-order valence-corrected chi connectivity index (χ4v) is 3.77. The van der Waals surface area contributed by atoms with Gasteiger partial charge in [-0.15, -0.1) is 0 Å². The van der Waals surface area contributed by atoms with Crippen molar-refractivity contribution in [2.75, 3.05) is 13.6 Å². The standard InChI is InChI=1S/C19H23FN2O3S/c1-5-22(12-15-7-6-8-17(20)10-15)19(23)16-9-13(2)14(3)18(11-16)26(24,25)21-4/h6-11,21H,5,12H2,1-4H3. The minimum absolute atomic E-state index is 0.0881. The van der Waals surface area contributed by atoms with E-state index in [-0.39, 0.29) is 23.2 Å². The molecule has 0 aliphatic carbocycles. The second-order valence-electron chi connectivity index (χ2n) is 6.07. The van der Waals surface area contributed by atoms with Crippen molar-refractivity contribution in [3.05, 3.63) is 64.5 Å². The van der Waals surface area contributed by atoms with Crippen LogP contribution < -0.4 is 4.72 Å². The third-order valence-electron chi connectivity index (χ3n) is 4.36. The Morgan fingerprint density at radius 3 is 2.46 bits per heavy atom. The largest absolute Gasteiger partial charge is 0.335 e. The van der Waals surface area contributed by atoms with Gasteiger partial charge in [0.05, 0.1) is 4.90 Å². The van der Waals surface area contributed by atoms with Crippen molar-refractivity contribution in [3.8, 4) is 0 Å². The zero-order valence-electron chi connectivity index (χ0n) is 15.3. The second kappa shape index (κ2) is 7.97. The van der Waals surface area contributed by atoms with Crippen molar-refractivity contribution in [3.63, 3.8) is 0 Å². The van der Waals surface area contributed by atoms with E-state index in [9.17, 15) is 17.6 Å². The summed E-state index contributed by atoms with van der Waals surface area (Å²) in [5.41, 5.74) is 2.28. The van der Waals surface area contributed by atoms with Gasteiger partial charge >= 0.3 is 0 Å². The number of amides is 1. The Bertz CT molecular complexity index is 926. The third kappa shape index (κ3) is 4.28. The molecule has 0 aromatic heterocycles. The number of benzene rings is 2. The van der Waals surface area contributed by atoms with E-state index in [2.05, 4.69) is 4.72 Å². The van der Waals surface area contributed by atoms with Crippen LogP contribution in [0.2, 0.25) is 0 Å². The average Bonchev–Trinajstić information content (AvgIpc) is 2.61. The molecular weight excluding hydrogens is 355 g/mol. The maximum Gasteiger partial charge on any atom is 0.254 e. The number of rotatable bonds is 6. The summed E-state index contributed by atoms with van der Waals surface area (Å²) in [5, 5.41) is 0. The molecule has 0 saturated heterocycles. The summed E-state index contributed by atoms with van der Waals surface area (Å²) in [7, 11) is -2.34. The number of nitrogens with zero attached hydrogens (tertiary/aromatic N) is 1. The lowest BCUT2D eigenvalue weighted by Gasteiger charge is -2.22. The molecule has 140 valence electrons. The Hall–Kier alpha value is -2.25. The Kier molecular flexibility index (Phi) is 6.15. The quantitative estimate of drug-likeness (QED) is 0.840. The van der Waals surface area contributed by atoms with E-state index in [1.807, 2.05) is 6.92 Å². The summed E-state index contributed by atoms with van der Waals surface area (Å²) in [6.45, 7) is 5.95. The number of carbonyl (C=O) groups is 1. The number of hydrogen-bond donors (Lipinski definition) is 1. The zero-order chi connectivity index (χ0) is 19.5. The lowest BCUT2D eigenvalue weighted by Crippen LogP contribution is -2.31. The highest BCUT2D eigenvalue weighted by Crippen LogP contribution is 2.22. The molecule has 0 saturated carbocycles. The van der Waals surface area contributed by atoms with Crippen LogP contribution in [0.15, 0.2) is 41.3 Å². The minimum atomic E-state index is -3.67. The monoisotopic (exact) mass is 378 g/mol. The second-order valence-corrected chi connectivity index (χ2v) is 7.93. The fraction of sp³-hybridized carbons (Fsp3) is 0.316. The molecule has 0 unspecified atom stereocenters. The van der Waals surface area contributed by atoms with Gasteiger partial charge in [-0.05, 0) is 68.8 Å². The predicted molar refractivity (Wildman–Crippen MR) is 99.0 cm³/mol. The summed E-state index contributed by atoms with van der Waals surface area (Å²) >= 11 is 0. The number of hydrogen-bond acceptors (Lipinski definition) is 3. The average molecular weight is 378 g/mol. The molecule has 0 fully saturated rings. The van der Waals surface area contributed by atoms with Gasteiger partial charge in [-0.25, -0.2) is 17.5 Å². The van der Waals surface area contributed by atoms with Gasteiger partial charge in [0.15, 0.2) is 0 Å². The van der Waals surface area contributed by atoms with Crippen LogP contribution in [0.1, 0.15) is 34.0 Å². The molecule has 0 radical (unpaired) electrons. The highest BCUT2D eigenvalue weighted by atomic mass is 32.2. The van der Waals surface area contributed by atoms with E-state index in [0.717, 1.165) is 0 Å². The Morgan fingerprint density at radius 1 is 1.19 bits per heavy atom. The molecule has 26 heavy (non-hydrogen) atoms. The van der Waals surface area contributed by atoms with Crippen LogP contribution in [-0.2, 0) is 16.6 Å². The summed E-state index contributed by atoms with van der Waals surface area (Å²) in [4.78, 5) is 14.6. The van der Waals surface area contributed by atoms with Gasteiger partial charge in [0.2, 0.25) is 10.0 Å². The topological polar surface area (TPSA) is 66.5 Å². The molecule has 0 bridgehead atoms. The van der Waals surface area contributed by atoms with Crippen molar-refractivity contribution in [2.24, 2.45) is 0 Å². The van der Waals surface area contributed by atoms with Crippen molar-refractivity contribution in [2.45, 2.75) is 32.2 Å². The molecule has 0 heterocycles. The van der Waals surface area contributed by atoms with Gasteiger partial charge in [0, 0.05) is 18.7 Å². The van der Waals surface area contributed by atoms with Crippen molar-refractivity contribution >= 4 is 15.9 Å². The van der Waals surface area contributed by atoms with Crippen LogP contribution in [-0.4, -0.2) is 32.8 Å². The van der Waals surface area contributed by atoms with Crippen molar-refractivity contribution < 1.29 is 17.6 Å². The van der Waals surface area contributed by atoms with Crippen molar-refractivity contribution in [1.29, 1.82) is 0 Å². The molecule has 2 rings (SSSR count). The van der Waals surface area contributed by atoms with E-state index in [1.54, 1.807) is 36.9 Å². The highest BCUT2D eigenvalue weighted by Gasteiger charge is 2.22. The normalized spacial score (nSPS) is 11.4. The van der Waals surface area contributed by atoms with Crippen LogP contribution in [0.5, 0.6) is 0 Å². The van der Waals surface area contributed by atoms with Crippen LogP contribution in [0.3, 0.4) is 0 Å². The van der Waals surface area contributed by atoms with Crippen LogP contribution in [0.4, 0.5) is 4.39 Å². The summed E-state index contributed by atoms with van der Waals surface area (Å²) in [5.74, 6) is -0.660. The first-order valence-electron chi connectivity index (χ1n) is 8.28. The molecule has 0 atom stereocenters. The zero-order valence-corrected chi connectivity index (χ0v) is 16.2. The van der Waals surface area contributed by atoms with Gasteiger partial charge in [0.1, 0.15) is 5.82 Å². The SMILES string of the molecule is CCN(Cc1cccc(F)c1)C(=O)c1cc(C)c(C)c(S(=O)(=O)NC)c1. The molecule has 7 heteroatoms. The molecule has 1 N–H and O–H groups in total. The number of sulfonamides is 1. The van der Waals surface area contributed by atoms with Gasteiger partial charge in [-0.2, -0.15) is 0 Å². The smallest absolute Gasteiger partial charge is 0.254 e. The van der Waals surface area contributed by atoms with Gasteiger partial charge < -0.3 is 4.90 Å². The third-order valence-corrected chi connectivity index (χ3v) is 5.90. The van der Waals surface area contributed by atoms with E-state index < -0.39 is 10.0 Å². The molecule has 1 amide bonds. The van der Waals surface area contributed by atoms with E-state index in [1.165, 1.54) is 25.2 Å². The summed E-state index contributed by atoms with van der Waals surface area (Å²) in [6, 6.07) is 9.14. The van der Waals surface area contributed by atoms with Crippen LogP contribution in [0, 0.1) is 19.7 Å². The number of halogens is 1. The molecule has 0 aliphatic rings. The van der Waals surface area contributed by atoms with Gasteiger partial charge in [0.25, 0.3) is 5.91 Å². The van der Waals surface area contributed by atoms with Gasteiger partial charge in [-0.1, -0.05) is 12.1 Å². The number of carbonyl (C=O) groups excluding carboxylic acids is 1. The minimum Gasteiger partial charge on any atom is -0.335 e. The molecule has 2 aromatic rings. The van der Waals surface area contributed by atoms with Gasteiger partial charge in [-0.3, -0.25) is 4.79 Å². The summed E-state index contributed by atoms with van der Waals surface area (Å²) in [6.07, 6.45) is 0. The molecule has 0 aliphatic heterocycles. The molecular formula is C19H23FN2O3S. The van der Waals surface area contributed by atoms with Crippen LogP contribution >= 0.6 is 0 Å². The highest BCUT2D eigenvalue weighted by molar-refractivity contribution is 7.89. The van der Waals surface area contributed by atoms with E-state index >= 15 is 0 Å². The first kappa shape index (κ1) is 20.1. The fourth-order valence-electron chi connectivity index (χ4n) is 2.71. The summed E-state index contributed by atoms with van der Waals surface area (Å²) < 4.78 is 40.2. The lowest BCUT2D eigenvalue weighted by atomic mass is 10.0. The number of aryl methyl sites for hydroxylation is 1. The number of nitrogens with one attached hydrogen (secondary N) is 1. The first-order valence-corrected chi connectivity index (χ1v) is 9.76. The van der Waals surface area contributed by atoms with E-state index in [0.29, 0.717) is 28.8 Å².